The molecule has 108 valence electrons. The number of anilines is 1. The molecular formula is C13H15N7O. The molecule has 0 bridgehead atoms. The average molecular weight is 285 g/mol. The molecule has 0 unspecified atom stereocenters. The van der Waals surface area contributed by atoms with Gasteiger partial charge in [0.25, 0.3) is 5.88 Å². The Labute approximate surface area is 121 Å². The first-order valence-electron chi connectivity index (χ1n) is 6.41. The highest BCUT2D eigenvalue weighted by Crippen LogP contribution is 2.32. The summed E-state index contributed by atoms with van der Waals surface area (Å²) in [6.07, 6.45) is 4.58. The quantitative estimate of drug-likeness (QED) is 0.764. The zero-order chi connectivity index (χ0) is 15.0. The second kappa shape index (κ2) is 4.65. The van der Waals surface area contributed by atoms with Gasteiger partial charge in [0.05, 0.1) is 5.54 Å². The van der Waals surface area contributed by atoms with Gasteiger partial charge in [-0.15, -0.1) is 5.10 Å². The van der Waals surface area contributed by atoms with Crippen molar-refractivity contribution < 1.29 is 4.74 Å². The first-order valence-corrected chi connectivity index (χ1v) is 6.41. The molecule has 0 radical (unpaired) electrons. The van der Waals surface area contributed by atoms with Crippen molar-refractivity contribution in [3.63, 3.8) is 0 Å². The van der Waals surface area contributed by atoms with Crippen LogP contribution in [0, 0.1) is 0 Å². The van der Waals surface area contributed by atoms with Crippen molar-refractivity contribution in [1.29, 1.82) is 0 Å². The molecule has 0 aliphatic rings. The zero-order valence-electron chi connectivity index (χ0n) is 12.0. The van der Waals surface area contributed by atoms with Gasteiger partial charge in [-0.2, -0.15) is 0 Å². The van der Waals surface area contributed by atoms with Gasteiger partial charge in [0.2, 0.25) is 0 Å². The Hall–Kier alpha value is -2.77. The Morgan fingerprint density at radius 2 is 1.81 bits per heavy atom. The molecule has 0 amide bonds. The Morgan fingerprint density at radius 1 is 1.10 bits per heavy atom. The van der Waals surface area contributed by atoms with E-state index >= 15 is 0 Å². The van der Waals surface area contributed by atoms with Gasteiger partial charge in [-0.3, -0.25) is 0 Å². The van der Waals surface area contributed by atoms with E-state index in [1.807, 2.05) is 20.8 Å². The normalized spacial score (nSPS) is 11.8. The minimum atomic E-state index is -0.280. The van der Waals surface area contributed by atoms with Gasteiger partial charge >= 0.3 is 6.01 Å². The number of nitrogen functional groups attached to an aromatic ring is 1. The molecule has 0 spiro atoms. The number of hydrogen-bond donors (Lipinski definition) is 1. The summed E-state index contributed by atoms with van der Waals surface area (Å²) in [7, 11) is 0. The first-order chi connectivity index (χ1) is 9.97. The second-order valence-corrected chi connectivity index (χ2v) is 5.48. The number of rotatable bonds is 2. The maximum atomic E-state index is 5.94. The van der Waals surface area contributed by atoms with Crippen LogP contribution < -0.4 is 10.5 Å². The summed E-state index contributed by atoms with van der Waals surface area (Å²) in [6.45, 7) is 6.04. The van der Waals surface area contributed by atoms with Crippen molar-refractivity contribution in [2.24, 2.45) is 0 Å². The molecule has 0 atom stereocenters. The molecule has 8 nitrogen and oxygen atoms in total. The number of aromatic nitrogens is 6. The van der Waals surface area contributed by atoms with Crippen molar-refractivity contribution in [3.8, 4) is 11.9 Å². The smallest absolute Gasteiger partial charge is 0.323 e. The molecule has 0 aromatic carbocycles. The van der Waals surface area contributed by atoms with Crippen LogP contribution in [0.3, 0.4) is 0 Å². The highest BCUT2D eigenvalue weighted by Gasteiger charge is 2.24. The number of hydrogen-bond acceptors (Lipinski definition) is 7. The lowest BCUT2D eigenvalue weighted by Gasteiger charge is -2.19. The van der Waals surface area contributed by atoms with Crippen LogP contribution in [0.25, 0.3) is 11.0 Å². The minimum absolute atomic E-state index is 0.196. The predicted molar refractivity (Wildman–Crippen MR) is 76.8 cm³/mol. The van der Waals surface area contributed by atoms with Crippen molar-refractivity contribution in [1.82, 2.24) is 29.7 Å². The molecule has 3 aromatic rings. The van der Waals surface area contributed by atoms with Gasteiger partial charge in [0.15, 0.2) is 5.65 Å². The third-order valence-electron chi connectivity index (χ3n) is 2.83. The van der Waals surface area contributed by atoms with E-state index in [9.17, 15) is 0 Å². The van der Waals surface area contributed by atoms with E-state index in [-0.39, 0.29) is 11.5 Å². The topological polar surface area (TPSA) is 105 Å². The molecule has 8 heteroatoms. The molecule has 3 heterocycles. The molecule has 0 saturated heterocycles. The van der Waals surface area contributed by atoms with Gasteiger partial charge in [0.1, 0.15) is 17.5 Å². The molecule has 0 aliphatic carbocycles. The summed E-state index contributed by atoms with van der Waals surface area (Å²) in [5.74, 6) is 0.602. The van der Waals surface area contributed by atoms with E-state index in [4.69, 9.17) is 10.5 Å². The highest BCUT2D eigenvalue weighted by molar-refractivity contribution is 5.90. The summed E-state index contributed by atoms with van der Waals surface area (Å²) in [5, 5.41) is 5.00. The lowest BCUT2D eigenvalue weighted by molar-refractivity contribution is 0.344. The Bertz CT molecular complexity index is 776. The monoisotopic (exact) mass is 285 g/mol. The molecule has 2 N–H and O–H groups in total. The second-order valence-electron chi connectivity index (χ2n) is 5.48. The van der Waals surface area contributed by atoms with E-state index in [0.717, 1.165) is 0 Å². The molecule has 0 aliphatic heterocycles. The van der Waals surface area contributed by atoms with E-state index in [2.05, 4.69) is 25.0 Å². The SMILES string of the molecule is CC(C)(C)n1nc(Oc2ncccn2)c2c(N)ncnc21. The molecule has 0 saturated carbocycles. The van der Waals surface area contributed by atoms with Crippen LogP contribution in [0.1, 0.15) is 20.8 Å². The van der Waals surface area contributed by atoms with Crippen molar-refractivity contribution in [2.45, 2.75) is 26.3 Å². The zero-order valence-corrected chi connectivity index (χ0v) is 12.0. The maximum absolute atomic E-state index is 5.94. The third kappa shape index (κ3) is 2.35. The van der Waals surface area contributed by atoms with Crippen LogP contribution in [-0.4, -0.2) is 29.7 Å². The lowest BCUT2D eigenvalue weighted by Crippen LogP contribution is -2.23. The van der Waals surface area contributed by atoms with Gasteiger partial charge in [0, 0.05) is 12.4 Å². The Morgan fingerprint density at radius 3 is 2.48 bits per heavy atom. The van der Waals surface area contributed by atoms with Gasteiger partial charge in [-0.05, 0) is 26.8 Å². The molecule has 3 aromatic heterocycles. The van der Waals surface area contributed by atoms with E-state index in [1.54, 1.807) is 23.1 Å². The summed E-state index contributed by atoms with van der Waals surface area (Å²) < 4.78 is 7.38. The van der Waals surface area contributed by atoms with Crippen LogP contribution in [0.15, 0.2) is 24.8 Å². The number of ether oxygens (including phenoxy) is 1. The van der Waals surface area contributed by atoms with Crippen LogP contribution in [0.4, 0.5) is 5.82 Å². The van der Waals surface area contributed by atoms with E-state index in [0.29, 0.717) is 22.7 Å². The lowest BCUT2D eigenvalue weighted by atomic mass is 10.1. The largest absolute Gasteiger partial charge is 0.403 e. The fourth-order valence-corrected chi connectivity index (χ4v) is 1.91. The molecular weight excluding hydrogens is 270 g/mol. The van der Waals surface area contributed by atoms with E-state index < -0.39 is 0 Å². The Balaban J connectivity index is 2.19. The maximum Gasteiger partial charge on any atom is 0.323 e. The fourth-order valence-electron chi connectivity index (χ4n) is 1.91. The van der Waals surface area contributed by atoms with Crippen LogP contribution >= 0.6 is 0 Å². The van der Waals surface area contributed by atoms with E-state index in [1.165, 1.54) is 6.33 Å². The van der Waals surface area contributed by atoms with Gasteiger partial charge in [-0.1, -0.05) is 0 Å². The standard InChI is InChI=1S/C13H15N7O/c1-13(2,3)20-10-8(9(14)17-7-18-10)11(19-20)21-12-15-5-4-6-16-12/h4-7H,1-3H3,(H2,14,17,18). The minimum Gasteiger partial charge on any atom is -0.403 e. The predicted octanol–water partition coefficient (Wildman–Crippen LogP) is 1.75. The fraction of sp³-hybridized carbons (Fsp3) is 0.308. The third-order valence-corrected chi connectivity index (χ3v) is 2.83. The van der Waals surface area contributed by atoms with Crippen LogP contribution in [0.5, 0.6) is 11.9 Å². The van der Waals surface area contributed by atoms with Crippen LogP contribution in [-0.2, 0) is 5.54 Å². The molecule has 3 rings (SSSR count). The summed E-state index contributed by atoms with van der Waals surface area (Å²) in [6, 6.07) is 1.90. The highest BCUT2D eigenvalue weighted by atomic mass is 16.5. The molecule has 0 fully saturated rings. The van der Waals surface area contributed by atoms with Crippen molar-refractivity contribution >= 4 is 16.9 Å². The average Bonchev–Trinajstić information content (AvgIpc) is 2.80. The summed E-state index contributed by atoms with van der Waals surface area (Å²) in [4.78, 5) is 16.3. The van der Waals surface area contributed by atoms with Gasteiger partial charge < -0.3 is 10.5 Å². The number of fused-ring (bicyclic) bond motifs is 1. The number of nitrogens with two attached hydrogens (primary N) is 1. The van der Waals surface area contributed by atoms with Crippen molar-refractivity contribution in [3.05, 3.63) is 24.8 Å². The van der Waals surface area contributed by atoms with Crippen molar-refractivity contribution in [2.75, 3.05) is 5.73 Å². The van der Waals surface area contributed by atoms with Crippen LogP contribution in [0.2, 0.25) is 0 Å². The van der Waals surface area contributed by atoms with Gasteiger partial charge in [-0.25, -0.2) is 24.6 Å². The molecule has 21 heavy (non-hydrogen) atoms. The summed E-state index contributed by atoms with van der Waals surface area (Å²) >= 11 is 0. The first kappa shape index (κ1) is 13.2. The number of nitrogens with zero attached hydrogens (tertiary/aromatic N) is 6. The Kier molecular flexibility index (Phi) is 2.93. The summed E-state index contributed by atoms with van der Waals surface area (Å²) in [5.41, 5.74) is 6.27.